The lowest BCUT2D eigenvalue weighted by atomic mass is 10.00. The molecule has 0 spiro atoms. The Balaban J connectivity index is 0.000000132. The van der Waals surface area contributed by atoms with Gasteiger partial charge in [0.1, 0.15) is 0 Å². The van der Waals surface area contributed by atoms with Gasteiger partial charge >= 0.3 is 0 Å². The number of hydrogen-bond acceptors (Lipinski definition) is 2. The van der Waals surface area contributed by atoms with Gasteiger partial charge in [-0.25, -0.2) is 0 Å². The van der Waals surface area contributed by atoms with Crippen LogP contribution in [0.5, 0.6) is 0 Å². The van der Waals surface area contributed by atoms with Crippen molar-refractivity contribution in [1.29, 1.82) is 0 Å². The van der Waals surface area contributed by atoms with Gasteiger partial charge in [0, 0.05) is 101 Å². The summed E-state index contributed by atoms with van der Waals surface area (Å²) in [6.45, 7) is 0. The highest BCUT2D eigenvalue weighted by Crippen LogP contribution is 2.48. The molecule has 0 saturated carbocycles. The van der Waals surface area contributed by atoms with Crippen LogP contribution in [0.2, 0.25) is 0 Å². The van der Waals surface area contributed by atoms with Crippen LogP contribution >= 0.6 is 22.7 Å². The fourth-order valence-electron chi connectivity index (χ4n) is 17.9. The van der Waals surface area contributed by atoms with Crippen molar-refractivity contribution in [2.24, 2.45) is 0 Å². The second-order valence-corrected chi connectivity index (χ2v) is 31.2. The molecule has 0 saturated heterocycles. The number of para-hydroxylation sites is 2. The second-order valence-electron chi connectivity index (χ2n) is 29.1. The van der Waals surface area contributed by atoms with E-state index in [0.29, 0.717) is 0 Å². The Hall–Kier alpha value is -13.9. The van der Waals surface area contributed by atoms with Gasteiger partial charge in [0.15, 0.2) is 0 Å². The Morgan fingerprint density at radius 1 is 0.164 bits per heavy atom. The van der Waals surface area contributed by atoms with Gasteiger partial charge in [0.05, 0.1) is 48.8 Å². The fourth-order valence-corrected chi connectivity index (χ4v) is 20.2. The predicted octanol–water partition coefficient (Wildman–Crippen LogP) is 29.5. The van der Waals surface area contributed by atoms with Crippen LogP contribution in [0.25, 0.3) is 216 Å². The van der Waals surface area contributed by atoms with Crippen LogP contribution in [0.15, 0.2) is 388 Å². The van der Waals surface area contributed by atoms with Gasteiger partial charge in [-0.15, -0.1) is 22.7 Å². The van der Waals surface area contributed by atoms with Gasteiger partial charge in [0.25, 0.3) is 0 Å². The van der Waals surface area contributed by atoms with Crippen LogP contribution in [0.3, 0.4) is 0 Å². The van der Waals surface area contributed by atoms with E-state index in [1.807, 2.05) is 22.7 Å². The fraction of sp³-hybridized carbons (Fsp3) is 0. The van der Waals surface area contributed by atoms with Crippen LogP contribution in [0.4, 0.5) is 0 Å². The number of thiophene rings is 2. The Morgan fingerprint density at radius 3 is 1.02 bits per heavy atom. The van der Waals surface area contributed by atoms with Crippen molar-refractivity contribution >= 4 is 172 Å². The van der Waals surface area contributed by atoms with Gasteiger partial charge in [0.2, 0.25) is 0 Å². The Kier molecular flexibility index (Phi) is 14.1. The monoisotopic (exact) mass is 1430 g/mol. The maximum absolute atomic E-state index is 2.49. The summed E-state index contributed by atoms with van der Waals surface area (Å²) in [5.74, 6) is 0. The van der Waals surface area contributed by atoms with Crippen molar-refractivity contribution in [3.63, 3.8) is 0 Å². The van der Waals surface area contributed by atoms with E-state index in [2.05, 4.69) is 407 Å². The third-order valence-corrected chi connectivity index (χ3v) is 25.3. The zero-order valence-corrected chi connectivity index (χ0v) is 61.2. The van der Waals surface area contributed by atoms with E-state index >= 15 is 0 Å². The molecule has 6 heteroatoms. The minimum atomic E-state index is 1.16. The number of benzene rings is 18. The SMILES string of the molecule is c1ccc(-c2ccc(-n3c4ccc(-c5ccc6c(c5)c5ccccc5n6-c5ccc6ccccc6c5)cc4c4ccc5c6ccccc6sc5c43)cc2)cc1.c1ccc(-c2ccc(-n3c4ccc(-c5ccc6c(c5)c5ccccc5n6-c5ccc6ccccc6c5)cc4c4ccc5sc6ccccc6c5c43)cc2)cc1. The average Bonchev–Trinajstić information content (AvgIpc) is 1.58. The molecule has 4 nitrogen and oxygen atoms in total. The lowest BCUT2D eigenvalue weighted by molar-refractivity contribution is 1.19. The molecule has 6 aromatic heterocycles. The van der Waals surface area contributed by atoms with Crippen LogP contribution in [0, 0.1) is 0 Å². The van der Waals surface area contributed by atoms with E-state index in [-0.39, 0.29) is 0 Å². The summed E-state index contributed by atoms with van der Waals surface area (Å²) in [5, 5.41) is 20.4. The summed E-state index contributed by atoms with van der Waals surface area (Å²) in [7, 11) is 0. The average molecular weight is 1430 g/mol. The molecule has 0 N–H and O–H groups in total. The second kappa shape index (κ2) is 24.9. The zero-order valence-electron chi connectivity index (χ0n) is 59.6. The molecule has 0 aliphatic rings. The third kappa shape index (κ3) is 9.83. The number of rotatable bonds is 8. The molecule has 0 atom stereocenters. The number of fused-ring (bicyclic) bond motifs is 22. The van der Waals surface area contributed by atoms with Crippen LogP contribution in [-0.4, -0.2) is 18.3 Å². The van der Waals surface area contributed by atoms with Gasteiger partial charge in [-0.1, -0.05) is 261 Å². The van der Waals surface area contributed by atoms with Gasteiger partial charge in [-0.05, 0) is 193 Å². The van der Waals surface area contributed by atoms with Crippen molar-refractivity contribution in [2.45, 2.75) is 0 Å². The lowest BCUT2D eigenvalue weighted by Gasteiger charge is -2.11. The molecule has 512 valence electrons. The first-order valence-corrected chi connectivity index (χ1v) is 39.3. The number of nitrogens with zero attached hydrogens (tertiary/aromatic N) is 4. The Bertz CT molecular complexity index is 7870. The zero-order chi connectivity index (χ0) is 72.1. The normalized spacial score (nSPS) is 12.0. The topological polar surface area (TPSA) is 19.7 Å². The van der Waals surface area contributed by atoms with Crippen molar-refractivity contribution < 1.29 is 0 Å². The first-order valence-electron chi connectivity index (χ1n) is 37.7. The standard InChI is InChI=1S/2C52H32N2S/c1-2-10-33(11-3-1)35-18-23-39(24-19-35)54-49-29-22-38(32-46(49)43-26-27-44-42-15-7-9-17-50(42)55-52(44)51(43)54)37-21-28-48-45(31-37)41-14-6-8-16-47(41)53(48)40-25-20-34-12-4-5-13-36(34)30-40;1-2-10-33(11-3-1)35-18-23-39(24-19-35)54-48-28-22-38(32-45(48)42-26-29-50-51(52(42)54)43-15-7-9-17-49(43)55-50)37-21-27-47-44(31-37)41-14-6-8-16-46(41)53(47)40-25-20-34-12-4-5-13-36(34)30-40/h2*1-32H. The Labute approximate surface area is 640 Å². The summed E-state index contributed by atoms with van der Waals surface area (Å²) in [6.07, 6.45) is 0. The minimum absolute atomic E-state index is 1.16. The van der Waals surface area contributed by atoms with E-state index in [1.54, 1.807) is 0 Å². The summed E-state index contributed by atoms with van der Waals surface area (Å²) < 4.78 is 15.1. The molecule has 0 aliphatic heterocycles. The maximum atomic E-state index is 2.49. The number of hydrogen-bond donors (Lipinski definition) is 0. The minimum Gasteiger partial charge on any atom is -0.309 e. The molecule has 24 aromatic rings. The molecule has 0 fully saturated rings. The van der Waals surface area contributed by atoms with E-state index in [0.717, 1.165) is 5.69 Å². The molecule has 0 unspecified atom stereocenters. The van der Waals surface area contributed by atoms with Crippen LogP contribution in [-0.2, 0) is 0 Å². The highest BCUT2D eigenvalue weighted by Gasteiger charge is 2.24. The molecule has 18 aromatic carbocycles. The third-order valence-electron chi connectivity index (χ3n) is 23.0. The Morgan fingerprint density at radius 2 is 0.509 bits per heavy atom. The molecule has 0 aliphatic carbocycles. The summed E-state index contributed by atoms with van der Waals surface area (Å²) >= 11 is 3.77. The van der Waals surface area contributed by atoms with Crippen LogP contribution < -0.4 is 0 Å². The lowest BCUT2D eigenvalue weighted by Crippen LogP contribution is -1.94. The molecular formula is C104H64N4S2. The maximum Gasteiger partial charge on any atom is 0.0719 e. The molecule has 0 bridgehead atoms. The molecule has 110 heavy (non-hydrogen) atoms. The highest BCUT2D eigenvalue weighted by molar-refractivity contribution is 7.27. The van der Waals surface area contributed by atoms with E-state index in [1.165, 1.54) is 211 Å². The van der Waals surface area contributed by atoms with E-state index < -0.39 is 0 Å². The summed E-state index contributed by atoms with van der Waals surface area (Å²) in [4.78, 5) is 0. The predicted molar refractivity (Wildman–Crippen MR) is 473 cm³/mol. The van der Waals surface area contributed by atoms with Gasteiger partial charge in [-0.3, -0.25) is 0 Å². The quantitative estimate of drug-likeness (QED) is 0.144. The molecule has 24 rings (SSSR count). The molecular weight excluding hydrogens is 1370 g/mol. The molecule has 0 radical (unpaired) electrons. The largest absolute Gasteiger partial charge is 0.309 e. The van der Waals surface area contributed by atoms with Crippen molar-refractivity contribution in [1.82, 2.24) is 18.3 Å². The van der Waals surface area contributed by atoms with Crippen molar-refractivity contribution in [2.75, 3.05) is 0 Å². The van der Waals surface area contributed by atoms with E-state index in [9.17, 15) is 0 Å². The van der Waals surface area contributed by atoms with Gasteiger partial charge < -0.3 is 18.3 Å². The van der Waals surface area contributed by atoms with Crippen molar-refractivity contribution in [3.8, 4) is 67.3 Å². The first-order chi connectivity index (χ1) is 54.5. The van der Waals surface area contributed by atoms with Crippen molar-refractivity contribution in [3.05, 3.63) is 388 Å². The number of aromatic nitrogens is 4. The summed E-state index contributed by atoms with van der Waals surface area (Å²) in [5.41, 5.74) is 24.3. The summed E-state index contributed by atoms with van der Waals surface area (Å²) in [6, 6.07) is 143. The van der Waals surface area contributed by atoms with Crippen LogP contribution in [0.1, 0.15) is 0 Å². The molecule has 0 amide bonds. The molecule has 6 heterocycles. The van der Waals surface area contributed by atoms with E-state index in [4.69, 9.17) is 0 Å². The first kappa shape index (κ1) is 62.3. The highest BCUT2D eigenvalue weighted by atomic mass is 32.1. The smallest absolute Gasteiger partial charge is 0.0719 e. The van der Waals surface area contributed by atoms with Gasteiger partial charge in [-0.2, -0.15) is 0 Å².